The third-order valence-corrected chi connectivity index (χ3v) is 3.54. The molecule has 0 spiro atoms. The van der Waals surface area contributed by atoms with E-state index in [4.69, 9.17) is 9.15 Å². The van der Waals surface area contributed by atoms with Crippen LogP contribution in [0.25, 0.3) is 11.3 Å². The van der Waals surface area contributed by atoms with E-state index in [1.807, 2.05) is 13.8 Å². The third-order valence-electron chi connectivity index (χ3n) is 3.54. The van der Waals surface area contributed by atoms with Crippen LogP contribution in [-0.4, -0.2) is 17.6 Å². The van der Waals surface area contributed by atoms with Crippen LogP contribution in [0.2, 0.25) is 0 Å². The maximum absolute atomic E-state index is 12.7. The molecule has 0 aliphatic heterocycles. The number of non-ortho nitro benzene ring substituents is 1. The van der Waals surface area contributed by atoms with E-state index in [2.05, 4.69) is 11.9 Å². The summed E-state index contributed by atoms with van der Waals surface area (Å²) in [6.07, 6.45) is 2.01. The van der Waals surface area contributed by atoms with Crippen LogP contribution in [0, 0.1) is 16.0 Å². The smallest absolute Gasteiger partial charge is 0.411 e. The SMILES string of the molecule is C=CCc1c(-c2cccc([N+](=O)[O-])c2)occ(NC(=O)OCC(C)C)c1=O. The summed E-state index contributed by atoms with van der Waals surface area (Å²) in [6.45, 7) is 7.60. The van der Waals surface area contributed by atoms with Gasteiger partial charge in [-0.05, 0) is 12.3 Å². The first-order valence-corrected chi connectivity index (χ1v) is 8.27. The maximum atomic E-state index is 12.7. The summed E-state index contributed by atoms with van der Waals surface area (Å²) in [5.74, 6) is 0.337. The molecule has 0 bridgehead atoms. The molecule has 0 unspecified atom stereocenters. The van der Waals surface area contributed by atoms with Crippen LogP contribution in [0.3, 0.4) is 0 Å². The average molecular weight is 372 g/mol. The lowest BCUT2D eigenvalue weighted by Gasteiger charge is -2.11. The van der Waals surface area contributed by atoms with Gasteiger partial charge in [-0.2, -0.15) is 0 Å². The lowest BCUT2D eigenvalue weighted by atomic mass is 10.0. The summed E-state index contributed by atoms with van der Waals surface area (Å²) in [6, 6.07) is 5.76. The fourth-order valence-corrected chi connectivity index (χ4v) is 2.32. The van der Waals surface area contributed by atoms with E-state index in [9.17, 15) is 19.7 Å². The third kappa shape index (κ3) is 5.04. The number of nitro benzene ring substituents is 1. The number of ether oxygens (including phenoxy) is 1. The van der Waals surface area contributed by atoms with Gasteiger partial charge >= 0.3 is 6.09 Å². The standard InChI is InChI=1S/C19H20N2O6/c1-4-6-15-17(22)16(20-19(23)27-10-12(2)3)11-26-18(15)13-7-5-8-14(9-13)21(24)25/h4-5,7-9,11-12H,1,6,10H2,2-3H3,(H,20,23). The number of allylic oxidation sites excluding steroid dienone is 1. The Kier molecular flexibility index (Phi) is 6.48. The highest BCUT2D eigenvalue weighted by Crippen LogP contribution is 2.27. The second-order valence-electron chi connectivity index (χ2n) is 6.20. The van der Waals surface area contributed by atoms with Gasteiger partial charge in [0.05, 0.1) is 11.5 Å². The first-order valence-electron chi connectivity index (χ1n) is 8.27. The molecule has 1 N–H and O–H groups in total. The molecule has 0 saturated heterocycles. The highest BCUT2D eigenvalue weighted by atomic mass is 16.6. The number of amides is 1. The molecular weight excluding hydrogens is 352 g/mol. The van der Waals surface area contributed by atoms with E-state index >= 15 is 0 Å². The van der Waals surface area contributed by atoms with Gasteiger partial charge in [-0.15, -0.1) is 6.58 Å². The highest BCUT2D eigenvalue weighted by molar-refractivity contribution is 5.84. The molecule has 0 fully saturated rings. The predicted molar refractivity (Wildman–Crippen MR) is 101 cm³/mol. The minimum absolute atomic E-state index is 0.0743. The zero-order valence-corrected chi connectivity index (χ0v) is 15.1. The predicted octanol–water partition coefficient (Wildman–Crippen LogP) is 4.15. The monoisotopic (exact) mass is 372 g/mol. The van der Waals surface area contributed by atoms with E-state index in [1.54, 1.807) is 6.07 Å². The number of rotatable bonds is 7. The number of carbonyl (C=O) groups excluding carboxylic acids is 1. The molecule has 1 heterocycles. The van der Waals surface area contributed by atoms with Crippen molar-refractivity contribution >= 4 is 17.5 Å². The van der Waals surface area contributed by atoms with Crippen LogP contribution in [0.1, 0.15) is 19.4 Å². The molecule has 8 nitrogen and oxygen atoms in total. The van der Waals surface area contributed by atoms with Gasteiger partial charge < -0.3 is 9.15 Å². The maximum Gasteiger partial charge on any atom is 0.411 e. The fourth-order valence-electron chi connectivity index (χ4n) is 2.32. The molecule has 0 atom stereocenters. The molecule has 27 heavy (non-hydrogen) atoms. The summed E-state index contributed by atoms with van der Waals surface area (Å²) in [7, 11) is 0. The van der Waals surface area contributed by atoms with Crippen molar-refractivity contribution in [2.24, 2.45) is 5.92 Å². The Balaban J connectivity index is 2.41. The molecule has 1 aromatic heterocycles. The van der Waals surface area contributed by atoms with Crippen molar-refractivity contribution in [1.29, 1.82) is 0 Å². The minimum atomic E-state index is -0.761. The van der Waals surface area contributed by atoms with Crippen molar-refractivity contribution < 1.29 is 18.9 Å². The van der Waals surface area contributed by atoms with Gasteiger partial charge in [0.15, 0.2) is 0 Å². The Bertz CT molecular complexity index is 917. The number of carbonyl (C=O) groups is 1. The number of anilines is 1. The van der Waals surface area contributed by atoms with Crippen LogP contribution >= 0.6 is 0 Å². The summed E-state index contributed by atoms with van der Waals surface area (Å²) in [5.41, 5.74) is -0.0580. The first kappa shape index (κ1) is 19.9. The quantitative estimate of drug-likeness (QED) is 0.444. The molecule has 0 saturated carbocycles. The number of hydrogen-bond acceptors (Lipinski definition) is 6. The largest absolute Gasteiger partial charge is 0.462 e. The van der Waals surface area contributed by atoms with Gasteiger partial charge in [-0.1, -0.05) is 32.1 Å². The van der Waals surface area contributed by atoms with Crippen molar-refractivity contribution in [2.75, 3.05) is 11.9 Å². The van der Waals surface area contributed by atoms with E-state index < -0.39 is 16.4 Å². The Morgan fingerprint density at radius 2 is 2.19 bits per heavy atom. The van der Waals surface area contributed by atoms with E-state index in [-0.39, 0.29) is 41.6 Å². The molecule has 2 rings (SSSR count). The summed E-state index contributed by atoms with van der Waals surface area (Å²) < 4.78 is 10.5. The number of nitro groups is 1. The second kappa shape index (κ2) is 8.79. The molecule has 1 aromatic carbocycles. The van der Waals surface area contributed by atoms with Gasteiger partial charge in [0.1, 0.15) is 17.7 Å². The van der Waals surface area contributed by atoms with Crippen molar-refractivity contribution in [1.82, 2.24) is 0 Å². The highest BCUT2D eigenvalue weighted by Gasteiger charge is 2.18. The fraction of sp³-hybridized carbons (Fsp3) is 0.263. The van der Waals surface area contributed by atoms with Crippen molar-refractivity contribution in [3.63, 3.8) is 0 Å². The van der Waals surface area contributed by atoms with Crippen LogP contribution in [0.4, 0.5) is 16.2 Å². The summed E-state index contributed by atoms with van der Waals surface area (Å²) in [5, 5.41) is 13.3. The Morgan fingerprint density at radius 3 is 2.81 bits per heavy atom. The van der Waals surface area contributed by atoms with Gasteiger partial charge in [-0.25, -0.2) is 4.79 Å². The summed E-state index contributed by atoms with van der Waals surface area (Å²) in [4.78, 5) is 35.0. The van der Waals surface area contributed by atoms with Crippen LogP contribution in [0.5, 0.6) is 0 Å². The van der Waals surface area contributed by atoms with Gasteiger partial charge in [0, 0.05) is 23.3 Å². The summed E-state index contributed by atoms with van der Waals surface area (Å²) >= 11 is 0. The zero-order valence-electron chi connectivity index (χ0n) is 15.1. The molecule has 2 aromatic rings. The second-order valence-corrected chi connectivity index (χ2v) is 6.20. The van der Waals surface area contributed by atoms with Gasteiger partial charge in [0.25, 0.3) is 5.69 Å². The topological polar surface area (TPSA) is 112 Å². The Hall–Kier alpha value is -3.42. The van der Waals surface area contributed by atoms with E-state index in [0.29, 0.717) is 5.56 Å². The molecule has 0 aliphatic rings. The molecule has 8 heteroatoms. The first-order chi connectivity index (χ1) is 12.8. The van der Waals surface area contributed by atoms with E-state index in [0.717, 1.165) is 6.26 Å². The van der Waals surface area contributed by atoms with Gasteiger partial charge in [-0.3, -0.25) is 20.2 Å². The van der Waals surface area contributed by atoms with Crippen molar-refractivity contribution in [3.8, 4) is 11.3 Å². The Morgan fingerprint density at radius 1 is 1.44 bits per heavy atom. The van der Waals surface area contributed by atoms with Gasteiger partial charge in [0.2, 0.25) is 5.43 Å². The molecule has 0 aliphatic carbocycles. The number of benzene rings is 1. The lowest BCUT2D eigenvalue weighted by molar-refractivity contribution is -0.384. The van der Waals surface area contributed by atoms with Crippen LogP contribution in [-0.2, 0) is 11.2 Å². The zero-order chi connectivity index (χ0) is 20.0. The normalized spacial score (nSPS) is 10.5. The number of hydrogen-bond donors (Lipinski definition) is 1. The van der Waals surface area contributed by atoms with E-state index in [1.165, 1.54) is 24.3 Å². The van der Waals surface area contributed by atoms with Crippen LogP contribution < -0.4 is 10.7 Å². The average Bonchev–Trinajstić information content (AvgIpc) is 2.63. The Labute approximate surface area is 155 Å². The molecule has 0 radical (unpaired) electrons. The van der Waals surface area contributed by atoms with Crippen molar-refractivity contribution in [2.45, 2.75) is 20.3 Å². The van der Waals surface area contributed by atoms with Crippen LogP contribution in [0.15, 0.2) is 52.4 Å². The lowest BCUT2D eigenvalue weighted by Crippen LogP contribution is -2.22. The molecule has 1 amide bonds. The number of nitrogens with one attached hydrogen (secondary N) is 1. The minimum Gasteiger partial charge on any atom is -0.462 e. The molecular formula is C19H20N2O6. The van der Waals surface area contributed by atoms with Crippen molar-refractivity contribution in [3.05, 3.63) is 69.1 Å². The molecule has 142 valence electrons. The number of nitrogens with zero attached hydrogens (tertiary/aromatic N) is 1.